The minimum atomic E-state index is -3.20. The van der Waals surface area contributed by atoms with Crippen LogP contribution in [0.2, 0.25) is 0 Å². The lowest BCUT2D eigenvalue weighted by Crippen LogP contribution is -2.36. The molecular weight excluding hydrogens is 262 g/mol. The Hall–Kier alpha value is -1.27. The lowest BCUT2D eigenvalue weighted by Gasteiger charge is -2.30. The Morgan fingerprint density at radius 3 is 2.16 bits per heavy atom. The molecule has 0 spiro atoms. The normalized spacial score (nSPS) is 18.2. The summed E-state index contributed by atoms with van der Waals surface area (Å²) in [7, 11) is -1.06. The van der Waals surface area contributed by atoms with Gasteiger partial charge in [0.05, 0.1) is 6.26 Å². The molecule has 1 aromatic carbocycles. The van der Waals surface area contributed by atoms with Gasteiger partial charge in [0.1, 0.15) is 0 Å². The van der Waals surface area contributed by atoms with Crippen LogP contribution in [0, 0.1) is 0 Å². The first-order chi connectivity index (χ1) is 8.92. The highest BCUT2D eigenvalue weighted by Crippen LogP contribution is 2.18. The Morgan fingerprint density at radius 2 is 1.63 bits per heavy atom. The highest BCUT2D eigenvalue weighted by atomic mass is 32.2. The largest absolute Gasteiger partial charge is 0.382 e. The number of piperidine rings is 1. The topological polar surface area (TPSA) is 61.4 Å². The van der Waals surface area contributed by atoms with Gasteiger partial charge in [0.15, 0.2) is 0 Å². The average Bonchev–Trinajstić information content (AvgIpc) is 2.33. The first-order valence-corrected chi connectivity index (χ1v) is 8.34. The molecule has 0 bridgehead atoms. The van der Waals surface area contributed by atoms with Crippen molar-refractivity contribution in [3.05, 3.63) is 24.3 Å². The molecule has 0 radical (unpaired) electrons. The smallest absolute Gasteiger partial charge is 0.229 e. The van der Waals surface area contributed by atoms with Crippen LogP contribution in [0.4, 0.5) is 11.4 Å². The molecule has 6 heteroatoms. The van der Waals surface area contributed by atoms with E-state index in [1.807, 2.05) is 12.1 Å². The molecule has 0 atom stereocenters. The molecule has 2 N–H and O–H groups in total. The van der Waals surface area contributed by atoms with Crippen molar-refractivity contribution < 1.29 is 8.42 Å². The fraction of sp³-hybridized carbons (Fsp3) is 0.538. The van der Waals surface area contributed by atoms with E-state index < -0.39 is 10.0 Å². The number of sulfonamides is 1. The molecule has 1 saturated heterocycles. The number of benzene rings is 1. The molecule has 1 aliphatic rings. The average molecular weight is 283 g/mol. The summed E-state index contributed by atoms with van der Waals surface area (Å²) in [5, 5.41) is 3.49. The maximum Gasteiger partial charge on any atom is 0.229 e. The third kappa shape index (κ3) is 4.72. The predicted octanol–water partition coefficient (Wildman–Crippen LogP) is 1.56. The third-order valence-electron chi connectivity index (χ3n) is 3.28. The molecule has 1 fully saturated rings. The van der Waals surface area contributed by atoms with Crippen LogP contribution in [0.25, 0.3) is 0 Å². The maximum atomic E-state index is 11.1. The SMILES string of the molecule is CN1CCC(Nc2ccc(NS(C)(=O)=O)cc2)CC1. The maximum absolute atomic E-state index is 11.1. The summed E-state index contributed by atoms with van der Waals surface area (Å²) < 4.78 is 24.7. The van der Waals surface area contributed by atoms with Gasteiger partial charge >= 0.3 is 0 Å². The summed E-state index contributed by atoms with van der Waals surface area (Å²) in [6.45, 7) is 2.23. The van der Waals surface area contributed by atoms with E-state index in [-0.39, 0.29) is 0 Å². The van der Waals surface area contributed by atoms with Gasteiger partial charge in [0.25, 0.3) is 0 Å². The van der Waals surface area contributed by atoms with Gasteiger partial charge in [-0.05, 0) is 57.2 Å². The monoisotopic (exact) mass is 283 g/mol. The fourth-order valence-corrected chi connectivity index (χ4v) is 2.80. The van der Waals surface area contributed by atoms with E-state index >= 15 is 0 Å². The van der Waals surface area contributed by atoms with E-state index in [0.717, 1.165) is 37.9 Å². The van der Waals surface area contributed by atoms with Crippen molar-refractivity contribution in [3.8, 4) is 0 Å². The molecule has 1 aromatic rings. The van der Waals surface area contributed by atoms with Gasteiger partial charge in [-0.3, -0.25) is 4.72 Å². The molecule has 0 aliphatic carbocycles. The number of nitrogens with zero attached hydrogens (tertiary/aromatic N) is 1. The van der Waals surface area contributed by atoms with Gasteiger partial charge < -0.3 is 10.2 Å². The van der Waals surface area contributed by atoms with Crippen LogP contribution in [0.3, 0.4) is 0 Å². The Bertz CT molecular complexity index is 505. The number of rotatable bonds is 4. The van der Waals surface area contributed by atoms with E-state index in [1.165, 1.54) is 0 Å². The zero-order chi connectivity index (χ0) is 13.9. The summed E-state index contributed by atoms with van der Waals surface area (Å²) >= 11 is 0. The second-order valence-electron chi connectivity index (χ2n) is 5.17. The van der Waals surface area contributed by atoms with Crippen LogP contribution < -0.4 is 10.0 Å². The number of likely N-dealkylation sites (tertiary alicyclic amines) is 1. The standard InChI is InChI=1S/C13H21N3O2S/c1-16-9-7-12(8-10-16)14-11-3-5-13(6-4-11)15-19(2,17)18/h3-6,12,14-15H,7-10H2,1-2H3. The molecule has 1 heterocycles. The van der Waals surface area contributed by atoms with Gasteiger partial charge in [0, 0.05) is 17.4 Å². The Morgan fingerprint density at radius 1 is 1.11 bits per heavy atom. The van der Waals surface area contributed by atoms with Gasteiger partial charge in [-0.2, -0.15) is 0 Å². The summed E-state index contributed by atoms with van der Waals surface area (Å²) in [4.78, 5) is 2.33. The first-order valence-electron chi connectivity index (χ1n) is 6.45. The molecule has 0 aromatic heterocycles. The molecule has 0 amide bonds. The first kappa shape index (κ1) is 14.1. The van der Waals surface area contributed by atoms with Crippen LogP contribution in [-0.2, 0) is 10.0 Å². The van der Waals surface area contributed by atoms with Crippen molar-refractivity contribution >= 4 is 21.4 Å². The minimum absolute atomic E-state index is 0.505. The van der Waals surface area contributed by atoms with Crippen molar-refractivity contribution in [1.82, 2.24) is 4.90 Å². The van der Waals surface area contributed by atoms with Crippen LogP contribution in [0.5, 0.6) is 0 Å². The van der Waals surface area contributed by atoms with Crippen LogP contribution in [0.1, 0.15) is 12.8 Å². The molecule has 0 saturated carbocycles. The van der Waals surface area contributed by atoms with Crippen molar-refractivity contribution in [1.29, 1.82) is 0 Å². The second-order valence-corrected chi connectivity index (χ2v) is 6.92. The van der Waals surface area contributed by atoms with Crippen molar-refractivity contribution in [2.24, 2.45) is 0 Å². The number of hydrogen-bond donors (Lipinski definition) is 2. The summed E-state index contributed by atoms with van der Waals surface area (Å²) in [5.41, 5.74) is 1.63. The quantitative estimate of drug-likeness (QED) is 0.880. The van der Waals surface area contributed by atoms with Crippen molar-refractivity contribution in [2.75, 3.05) is 36.4 Å². The zero-order valence-electron chi connectivity index (χ0n) is 11.4. The summed E-state index contributed by atoms with van der Waals surface area (Å²) in [6, 6.07) is 7.87. The van der Waals surface area contributed by atoms with E-state index in [2.05, 4.69) is 22.0 Å². The van der Waals surface area contributed by atoms with Gasteiger partial charge in [-0.25, -0.2) is 8.42 Å². The Kier molecular flexibility index (Phi) is 4.31. The lowest BCUT2D eigenvalue weighted by molar-refractivity contribution is 0.264. The molecule has 19 heavy (non-hydrogen) atoms. The highest BCUT2D eigenvalue weighted by Gasteiger charge is 2.16. The van der Waals surface area contributed by atoms with Crippen LogP contribution in [-0.4, -0.2) is 45.8 Å². The number of nitrogens with one attached hydrogen (secondary N) is 2. The highest BCUT2D eigenvalue weighted by molar-refractivity contribution is 7.92. The van der Waals surface area contributed by atoms with Gasteiger partial charge in [-0.15, -0.1) is 0 Å². The fourth-order valence-electron chi connectivity index (χ4n) is 2.24. The van der Waals surface area contributed by atoms with E-state index in [1.54, 1.807) is 12.1 Å². The van der Waals surface area contributed by atoms with E-state index in [4.69, 9.17) is 0 Å². The second kappa shape index (κ2) is 5.79. The van der Waals surface area contributed by atoms with Crippen molar-refractivity contribution in [2.45, 2.75) is 18.9 Å². The Labute approximate surface area is 115 Å². The van der Waals surface area contributed by atoms with E-state index in [9.17, 15) is 8.42 Å². The van der Waals surface area contributed by atoms with Crippen LogP contribution in [0.15, 0.2) is 24.3 Å². The molecule has 2 rings (SSSR count). The van der Waals surface area contributed by atoms with Crippen LogP contribution >= 0.6 is 0 Å². The third-order valence-corrected chi connectivity index (χ3v) is 3.88. The predicted molar refractivity (Wildman–Crippen MR) is 79.1 cm³/mol. The molecule has 106 valence electrons. The molecular formula is C13H21N3O2S. The number of anilines is 2. The van der Waals surface area contributed by atoms with Gasteiger partial charge in [-0.1, -0.05) is 0 Å². The molecule has 1 aliphatic heterocycles. The minimum Gasteiger partial charge on any atom is -0.382 e. The Balaban J connectivity index is 1.92. The summed E-state index contributed by atoms with van der Waals surface area (Å²) in [5.74, 6) is 0. The number of hydrogen-bond acceptors (Lipinski definition) is 4. The van der Waals surface area contributed by atoms with Gasteiger partial charge in [0.2, 0.25) is 10.0 Å². The molecule has 5 nitrogen and oxygen atoms in total. The van der Waals surface area contributed by atoms with E-state index in [0.29, 0.717) is 11.7 Å². The zero-order valence-corrected chi connectivity index (χ0v) is 12.2. The van der Waals surface area contributed by atoms with Crippen molar-refractivity contribution in [3.63, 3.8) is 0 Å². The lowest BCUT2D eigenvalue weighted by atomic mass is 10.1. The summed E-state index contributed by atoms with van der Waals surface area (Å²) in [6.07, 6.45) is 3.43. The molecule has 0 unspecified atom stereocenters.